The number of rotatable bonds is 10. The summed E-state index contributed by atoms with van der Waals surface area (Å²) in [4.78, 5) is 5.25. The van der Waals surface area contributed by atoms with Crippen LogP contribution in [-0.4, -0.2) is 6.04 Å². The van der Waals surface area contributed by atoms with Crippen molar-refractivity contribution in [2.75, 3.05) is 9.80 Å². The van der Waals surface area contributed by atoms with E-state index in [1.807, 2.05) is 0 Å². The Balaban J connectivity index is 1.15. The predicted molar refractivity (Wildman–Crippen MR) is 266 cm³/mol. The van der Waals surface area contributed by atoms with E-state index in [0.717, 1.165) is 12.8 Å². The van der Waals surface area contributed by atoms with Gasteiger partial charge < -0.3 is 9.80 Å². The maximum atomic E-state index is 2.64. The minimum atomic E-state index is 0.0856. The molecule has 0 amide bonds. The minimum Gasteiger partial charge on any atom is -0.334 e. The second-order valence-electron chi connectivity index (χ2n) is 19.6. The molecule has 5 aromatic carbocycles. The highest BCUT2D eigenvalue weighted by Gasteiger charge is 2.33. The molecule has 5 aliphatic carbocycles. The summed E-state index contributed by atoms with van der Waals surface area (Å²) in [5, 5.41) is 5.31. The van der Waals surface area contributed by atoms with Gasteiger partial charge in [-0.3, -0.25) is 0 Å². The van der Waals surface area contributed by atoms with Crippen LogP contribution in [0.2, 0.25) is 0 Å². The van der Waals surface area contributed by atoms with E-state index in [1.54, 1.807) is 5.57 Å². The Morgan fingerprint density at radius 2 is 1.16 bits per heavy atom. The number of anilines is 4. The Bertz CT molecular complexity index is 2640. The molecule has 2 nitrogen and oxygen atoms in total. The summed E-state index contributed by atoms with van der Waals surface area (Å²) in [7, 11) is 0. The molecule has 5 aromatic rings. The topological polar surface area (TPSA) is 6.48 Å². The summed E-state index contributed by atoms with van der Waals surface area (Å²) in [6, 6.07) is 40.7. The Morgan fingerprint density at radius 3 is 1.74 bits per heavy atom. The third kappa shape index (κ3) is 7.95. The lowest BCUT2D eigenvalue weighted by molar-refractivity contribution is 0.443. The van der Waals surface area contributed by atoms with Gasteiger partial charge >= 0.3 is 0 Å². The van der Waals surface area contributed by atoms with Gasteiger partial charge in [0.2, 0.25) is 0 Å². The molecule has 5 aliphatic rings. The number of hydrogen-bond donors (Lipinski definition) is 0. The van der Waals surface area contributed by atoms with Gasteiger partial charge in [0, 0.05) is 34.1 Å². The van der Waals surface area contributed by atoms with Crippen LogP contribution in [0.25, 0.3) is 22.4 Å². The van der Waals surface area contributed by atoms with Gasteiger partial charge in [-0.1, -0.05) is 169 Å². The molecule has 2 heteroatoms. The highest BCUT2D eigenvalue weighted by atomic mass is 15.2. The van der Waals surface area contributed by atoms with E-state index in [4.69, 9.17) is 0 Å². The van der Waals surface area contributed by atoms with Gasteiger partial charge in [-0.05, 0) is 149 Å². The number of benzene rings is 5. The summed E-state index contributed by atoms with van der Waals surface area (Å²) >= 11 is 0. The summed E-state index contributed by atoms with van der Waals surface area (Å²) in [5.41, 5.74) is 13.7. The molecule has 2 saturated carbocycles. The minimum absolute atomic E-state index is 0.0856. The van der Waals surface area contributed by atoms with Crippen molar-refractivity contribution < 1.29 is 0 Å². The first-order valence-corrected chi connectivity index (χ1v) is 24.3. The van der Waals surface area contributed by atoms with Crippen LogP contribution < -0.4 is 20.2 Å². The molecule has 2 fully saturated rings. The number of fused-ring (bicyclic) bond motifs is 4. The van der Waals surface area contributed by atoms with Gasteiger partial charge in [0.05, 0.1) is 11.7 Å². The molecule has 2 unspecified atom stereocenters. The fraction of sp³-hybridized carbons (Fsp3) is 0.367. The lowest BCUT2D eigenvalue weighted by Gasteiger charge is -2.40. The van der Waals surface area contributed by atoms with Crippen LogP contribution in [0, 0.1) is 11.8 Å². The van der Waals surface area contributed by atoms with Crippen LogP contribution >= 0.6 is 0 Å². The number of hydrogen-bond acceptors (Lipinski definition) is 2. The molecular weight excluding hydrogens is 749 g/mol. The van der Waals surface area contributed by atoms with Crippen LogP contribution in [0.4, 0.5) is 22.7 Å². The summed E-state index contributed by atoms with van der Waals surface area (Å²) in [6.07, 6.45) is 32.4. The molecule has 0 radical (unpaired) electrons. The lowest BCUT2D eigenvalue weighted by Crippen LogP contribution is -2.46. The van der Waals surface area contributed by atoms with E-state index >= 15 is 0 Å². The van der Waals surface area contributed by atoms with Gasteiger partial charge in [-0.25, -0.2) is 0 Å². The van der Waals surface area contributed by atoms with E-state index in [2.05, 4.69) is 183 Å². The van der Waals surface area contributed by atoms with Crippen LogP contribution in [-0.2, 0) is 0 Å². The van der Waals surface area contributed by atoms with Crippen molar-refractivity contribution >= 4 is 45.2 Å². The molecule has 0 aromatic heterocycles. The van der Waals surface area contributed by atoms with Crippen molar-refractivity contribution in [2.45, 2.75) is 129 Å². The van der Waals surface area contributed by atoms with E-state index in [-0.39, 0.29) is 12.0 Å². The average Bonchev–Trinajstić information content (AvgIpc) is 3.33. The Labute approximate surface area is 371 Å². The molecule has 0 bridgehead atoms. The molecule has 2 atom stereocenters. The zero-order chi connectivity index (χ0) is 42.2. The molecule has 0 heterocycles. The van der Waals surface area contributed by atoms with Crippen LogP contribution in [0.3, 0.4) is 0 Å². The third-order valence-electron chi connectivity index (χ3n) is 15.2. The number of allylic oxidation sites excluding steroid dienone is 7. The van der Waals surface area contributed by atoms with Crippen molar-refractivity contribution in [1.82, 2.24) is 0 Å². The summed E-state index contributed by atoms with van der Waals surface area (Å²) in [6.45, 7) is 9.25. The van der Waals surface area contributed by atoms with Gasteiger partial charge in [0.15, 0.2) is 0 Å². The van der Waals surface area contributed by atoms with Crippen molar-refractivity contribution in [2.24, 2.45) is 11.8 Å². The van der Waals surface area contributed by atoms with Gasteiger partial charge in [-0.15, -0.1) is 0 Å². The first-order valence-electron chi connectivity index (χ1n) is 24.3. The van der Waals surface area contributed by atoms with E-state index in [0.29, 0.717) is 23.7 Å². The van der Waals surface area contributed by atoms with Crippen LogP contribution in [0.1, 0.15) is 139 Å². The monoisotopic (exact) mass is 815 g/mol. The van der Waals surface area contributed by atoms with Gasteiger partial charge in [0.25, 0.3) is 0 Å². The second kappa shape index (κ2) is 17.8. The SMILES string of the molecule is CC(C)C1=CC=C(N(c2ccc(C3CCCCC3)cc2)c2cc3c(c4ccccc24)=CC(N(c2ccc(C(C)C)cc2)c2ccc(C4CCCCC4)cc2)C2C=CC=CC=32)CC1. The van der Waals surface area contributed by atoms with Gasteiger partial charge in [0.1, 0.15) is 0 Å². The molecule has 10 rings (SSSR count). The Morgan fingerprint density at radius 1 is 0.565 bits per heavy atom. The second-order valence-corrected chi connectivity index (χ2v) is 19.6. The van der Waals surface area contributed by atoms with Crippen molar-refractivity contribution in [1.29, 1.82) is 0 Å². The molecular formula is C60H66N2. The first kappa shape index (κ1) is 40.7. The van der Waals surface area contributed by atoms with Crippen molar-refractivity contribution in [3.8, 4) is 0 Å². The highest BCUT2D eigenvalue weighted by molar-refractivity contribution is 5.99. The van der Waals surface area contributed by atoms with Crippen molar-refractivity contribution in [3.63, 3.8) is 0 Å². The third-order valence-corrected chi connectivity index (χ3v) is 15.2. The summed E-state index contributed by atoms with van der Waals surface area (Å²) in [5.74, 6) is 2.60. The predicted octanol–water partition coefficient (Wildman–Crippen LogP) is 15.4. The molecule has 62 heavy (non-hydrogen) atoms. The smallest absolute Gasteiger partial charge is 0.0635 e. The van der Waals surface area contributed by atoms with Crippen molar-refractivity contribution in [3.05, 3.63) is 178 Å². The maximum Gasteiger partial charge on any atom is 0.0635 e. The zero-order valence-corrected chi connectivity index (χ0v) is 37.7. The van der Waals surface area contributed by atoms with Gasteiger partial charge in [-0.2, -0.15) is 0 Å². The largest absolute Gasteiger partial charge is 0.334 e. The number of nitrogens with zero attached hydrogens (tertiary/aromatic N) is 2. The molecule has 0 aliphatic heterocycles. The zero-order valence-electron chi connectivity index (χ0n) is 37.7. The Kier molecular flexibility index (Phi) is 11.7. The molecule has 0 N–H and O–H groups in total. The van der Waals surface area contributed by atoms with E-state index in [1.165, 1.54) is 136 Å². The molecule has 0 spiro atoms. The summed E-state index contributed by atoms with van der Waals surface area (Å²) < 4.78 is 0. The highest BCUT2D eigenvalue weighted by Crippen LogP contribution is 2.43. The standard InChI is InChI=1S/C60H66N2/c1-41(2)43-23-31-49(32-24-43)61(51-35-27-47(28-36-51)45-15-7-5-8-16-45)59-39-57-54-20-12-14-22-56(54)60(40-58(57)53-19-11-13-21-55(53)59)62(50-33-25-44(26-34-50)42(3)4)52-37-29-48(30-38-52)46-17-9-6-10-18-46/h11-14,19-25,27-33,35-42,45-46,55,59H,5-10,15-18,26,34H2,1-4H3. The van der Waals surface area contributed by atoms with E-state index in [9.17, 15) is 0 Å². The maximum absolute atomic E-state index is 2.64. The van der Waals surface area contributed by atoms with Crippen LogP contribution in [0.5, 0.6) is 0 Å². The van der Waals surface area contributed by atoms with E-state index < -0.39 is 0 Å². The lowest BCUT2D eigenvalue weighted by atomic mass is 9.79. The fourth-order valence-electron chi connectivity index (χ4n) is 11.6. The fourth-order valence-corrected chi connectivity index (χ4v) is 11.6. The molecule has 316 valence electrons. The normalized spacial score (nSPS) is 20.5. The molecule has 0 saturated heterocycles. The quantitative estimate of drug-likeness (QED) is 0.139. The first-order chi connectivity index (χ1) is 30.4. The average molecular weight is 815 g/mol. The van der Waals surface area contributed by atoms with Crippen LogP contribution in [0.15, 0.2) is 151 Å². The Hall–Kier alpha value is -5.34.